The second kappa shape index (κ2) is 9.67. The molecule has 0 atom stereocenters. The number of benzene rings is 1. The molecule has 2 aromatic rings. The van der Waals surface area contributed by atoms with Crippen molar-refractivity contribution in [3.05, 3.63) is 54.2 Å². The van der Waals surface area contributed by atoms with Crippen LogP contribution in [0.3, 0.4) is 0 Å². The summed E-state index contributed by atoms with van der Waals surface area (Å²) in [5.41, 5.74) is -0.197. The van der Waals surface area contributed by atoms with Gasteiger partial charge in [-0.1, -0.05) is 36.4 Å². The van der Waals surface area contributed by atoms with Gasteiger partial charge >= 0.3 is 47.6 Å². The lowest BCUT2D eigenvalue weighted by Crippen LogP contribution is -2.74. The molecule has 1 aromatic heterocycles. The first kappa shape index (κ1) is 32.4. The van der Waals surface area contributed by atoms with Crippen LogP contribution < -0.4 is 0 Å². The summed E-state index contributed by atoms with van der Waals surface area (Å²) in [5, 5.41) is 0. The number of hydrogen-bond acceptors (Lipinski definition) is 1. The van der Waals surface area contributed by atoms with Gasteiger partial charge in [0.15, 0.2) is 0 Å². The van der Waals surface area contributed by atoms with Gasteiger partial charge in [0.05, 0.1) is 5.69 Å². The number of pyridine rings is 1. The fourth-order valence-electron chi connectivity index (χ4n) is 3.03. The van der Waals surface area contributed by atoms with Crippen LogP contribution in [0.15, 0.2) is 48.5 Å². The van der Waals surface area contributed by atoms with Crippen LogP contribution >= 0.6 is 0 Å². The summed E-state index contributed by atoms with van der Waals surface area (Å²) < 4.78 is 227. The van der Waals surface area contributed by atoms with Gasteiger partial charge in [0.2, 0.25) is 0 Å². The minimum atomic E-state index is -8.63. The third kappa shape index (κ3) is 4.98. The Hall–Kier alpha value is -2.82. The number of aromatic nitrogens is 1. The van der Waals surface area contributed by atoms with Crippen molar-refractivity contribution in [1.82, 2.24) is 4.98 Å². The van der Waals surface area contributed by atoms with Crippen LogP contribution in [0.1, 0.15) is 12.1 Å². The standard InChI is InChI=1S/C21H12F17N/c22-14(23,10-9-12-7-4-8-13(39-12)11-5-2-1-3-6-11)15(24,25)16(26,27)17(28,29)18(30,31)19(32,33)20(34,35)21(36,37)38/h1-8H,9-10H2. The van der Waals surface area contributed by atoms with Gasteiger partial charge < -0.3 is 0 Å². The van der Waals surface area contributed by atoms with Gasteiger partial charge in [-0.3, -0.25) is 4.98 Å². The van der Waals surface area contributed by atoms with Crippen LogP contribution in [0.5, 0.6) is 0 Å². The molecule has 0 unspecified atom stereocenters. The van der Waals surface area contributed by atoms with E-state index in [4.69, 9.17) is 0 Å². The number of nitrogens with zero attached hydrogens (tertiary/aromatic N) is 1. The molecule has 1 aromatic carbocycles. The zero-order chi connectivity index (χ0) is 30.5. The molecule has 0 aliphatic carbocycles. The molecule has 39 heavy (non-hydrogen) atoms. The van der Waals surface area contributed by atoms with Crippen LogP contribution in [0.25, 0.3) is 11.3 Å². The van der Waals surface area contributed by atoms with Crippen molar-refractivity contribution in [2.75, 3.05) is 0 Å². The summed E-state index contributed by atoms with van der Waals surface area (Å²) in [6.07, 6.45) is -11.8. The molecule has 0 fully saturated rings. The van der Waals surface area contributed by atoms with E-state index in [0.717, 1.165) is 12.1 Å². The fourth-order valence-corrected chi connectivity index (χ4v) is 3.03. The van der Waals surface area contributed by atoms with Crippen LogP contribution in [-0.2, 0) is 6.42 Å². The third-order valence-corrected chi connectivity index (χ3v) is 5.36. The smallest absolute Gasteiger partial charge is 0.253 e. The summed E-state index contributed by atoms with van der Waals surface area (Å²) in [6, 6.07) is 10.7. The van der Waals surface area contributed by atoms with Crippen molar-refractivity contribution >= 4 is 0 Å². The Morgan fingerprint density at radius 2 is 0.897 bits per heavy atom. The maximum Gasteiger partial charge on any atom is 0.460 e. The highest BCUT2D eigenvalue weighted by Gasteiger charge is 2.95. The van der Waals surface area contributed by atoms with E-state index >= 15 is 0 Å². The highest BCUT2D eigenvalue weighted by molar-refractivity contribution is 5.58. The lowest BCUT2D eigenvalue weighted by Gasteiger charge is -2.42. The first-order chi connectivity index (χ1) is 17.3. The molecule has 2 rings (SSSR count). The zero-order valence-electron chi connectivity index (χ0n) is 18.4. The molecule has 0 radical (unpaired) electrons. The summed E-state index contributed by atoms with van der Waals surface area (Å²) in [4.78, 5) is 3.74. The largest absolute Gasteiger partial charge is 0.460 e. The second-order valence-corrected chi connectivity index (χ2v) is 8.03. The molecular formula is C21H12F17N. The van der Waals surface area contributed by atoms with Gasteiger partial charge in [-0.15, -0.1) is 0 Å². The fraction of sp³-hybridized carbons (Fsp3) is 0.476. The predicted molar refractivity (Wildman–Crippen MR) is 98.7 cm³/mol. The van der Waals surface area contributed by atoms with Crippen molar-refractivity contribution < 1.29 is 74.6 Å². The van der Waals surface area contributed by atoms with Crippen LogP contribution in [-0.4, -0.2) is 52.6 Å². The highest BCUT2D eigenvalue weighted by atomic mass is 19.4. The van der Waals surface area contributed by atoms with Crippen molar-refractivity contribution in [1.29, 1.82) is 0 Å². The average Bonchev–Trinajstić information content (AvgIpc) is 2.82. The van der Waals surface area contributed by atoms with Crippen molar-refractivity contribution in [3.8, 4) is 11.3 Å². The Morgan fingerprint density at radius 1 is 0.462 bits per heavy atom. The Morgan fingerprint density at radius 3 is 1.36 bits per heavy atom. The van der Waals surface area contributed by atoms with Gasteiger partial charge in [0.25, 0.3) is 0 Å². The normalized spacial score (nSPS) is 15.0. The first-order valence-electron chi connectivity index (χ1n) is 10.0. The number of hydrogen-bond donors (Lipinski definition) is 0. The number of aryl methyl sites for hydroxylation is 1. The van der Waals surface area contributed by atoms with Gasteiger partial charge in [0.1, 0.15) is 0 Å². The Labute approximate surface area is 206 Å². The Kier molecular flexibility index (Phi) is 8.04. The minimum Gasteiger partial charge on any atom is -0.253 e. The predicted octanol–water partition coefficient (Wildman–Crippen LogP) is 8.69. The maximum atomic E-state index is 14.1. The van der Waals surface area contributed by atoms with Gasteiger partial charge in [-0.2, -0.15) is 74.6 Å². The lowest BCUT2D eigenvalue weighted by atomic mass is 9.88. The van der Waals surface area contributed by atoms with E-state index in [1.165, 1.54) is 30.3 Å². The molecule has 18 heteroatoms. The molecule has 0 saturated carbocycles. The lowest BCUT2D eigenvalue weighted by molar-refractivity contribution is -0.461. The molecule has 1 heterocycles. The molecule has 0 aliphatic rings. The topological polar surface area (TPSA) is 12.9 Å². The van der Waals surface area contributed by atoms with Gasteiger partial charge in [-0.25, -0.2) is 0 Å². The molecule has 0 aliphatic heterocycles. The molecule has 1 nitrogen and oxygen atoms in total. The van der Waals surface area contributed by atoms with Crippen LogP contribution in [0.2, 0.25) is 0 Å². The summed E-state index contributed by atoms with van der Waals surface area (Å²) in [6.45, 7) is 0. The maximum absolute atomic E-state index is 14.1. The van der Waals surface area contributed by atoms with E-state index in [1.807, 2.05) is 0 Å². The Balaban J connectivity index is 2.42. The van der Waals surface area contributed by atoms with E-state index in [-0.39, 0.29) is 5.69 Å². The van der Waals surface area contributed by atoms with Crippen LogP contribution in [0.4, 0.5) is 74.6 Å². The van der Waals surface area contributed by atoms with Crippen molar-refractivity contribution in [2.24, 2.45) is 0 Å². The zero-order valence-corrected chi connectivity index (χ0v) is 18.4. The van der Waals surface area contributed by atoms with Crippen molar-refractivity contribution in [3.63, 3.8) is 0 Å². The van der Waals surface area contributed by atoms with E-state index in [2.05, 4.69) is 4.98 Å². The van der Waals surface area contributed by atoms with Gasteiger partial charge in [0, 0.05) is 17.7 Å². The van der Waals surface area contributed by atoms with E-state index in [9.17, 15) is 74.6 Å². The number of alkyl halides is 17. The van der Waals surface area contributed by atoms with Gasteiger partial charge in [-0.05, 0) is 18.6 Å². The van der Waals surface area contributed by atoms with Crippen LogP contribution in [0, 0.1) is 0 Å². The quantitative estimate of drug-likeness (QED) is 0.249. The van der Waals surface area contributed by atoms with E-state index in [0.29, 0.717) is 5.56 Å². The molecule has 0 spiro atoms. The summed E-state index contributed by atoms with van der Waals surface area (Å²) >= 11 is 0. The monoisotopic (exact) mass is 601 g/mol. The van der Waals surface area contributed by atoms with E-state index < -0.39 is 66.2 Å². The number of halogens is 17. The second-order valence-electron chi connectivity index (χ2n) is 8.03. The molecular weight excluding hydrogens is 589 g/mol. The average molecular weight is 601 g/mol. The first-order valence-corrected chi connectivity index (χ1v) is 10.0. The Bertz CT molecular complexity index is 1140. The molecule has 0 saturated heterocycles. The summed E-state index contributed by atoms with van der Waals surface area (Å²) in [5.74, 6) is -56.3. The molecule has 220 valence electrons. The number of rotatable bonds is 10. The van der Waals surface area contributed by atoms with Crippen molar-refractivity contribution in [2.45, 2.75) is 60.5 Å². The minimum absolute atomic E-state index is 0.0208. The molecule has 0 N–H and O–H groups in total. The molecule has 0 bridgehead atoms. The van der Waals surface area contributed by atoms with E-state index in [1.54, 1.807) is 6.07 Å². The SMILES string of the molecule is FC(F)(F)C(F)(F)C(F)(F)C(F)(F)C(F)(F)C(F)(F)C(F)(F)C(F)(F)CCc1cccc(-c2ccccc2)n1. The highest BCUT2D eigenvalue weighted by Crippen LogP contribution is 2.64. The summed E-state index contributed by atoms with van der Waals surface area (Å²) in [7, 11) is 0. The molecule has 0 amide bonds. The third-order valence-electron chi connectivity index (χ3n) is 5.36.